The molecule has 0 saturated heterocycles. The quantitative estimate of drug-likeness (QED) is 0.620. The fourth-order valence-corrected chi connectivity index (χ4v) is 2.41. The third-order valence-corrected chi connectivity index (χ3v) is 3.40. The van der Waals surface area contributed by atoms with E-state index in [0.29, 0.717) is 5.82 Å². The lowest BCUT2D eigenvalue weighted by atomic mass is 9.86. The Morgan fingerprint density at radius 2 is 1.89 bits per heavy atom. The minimum Gasteiger partial charge on any atom is -0.383 e. The first-order valence-electron chi connectivity index (χ1n) is 6.41. The molecular formula is C16H17N3. The SMILES string of the molecule is CC(C)(C)c1cc2ccc3ncccc3c2nc1N. The summed E-state index contributed by atoms with van der Waals surface area (Å²) in [5, 5.41) is 2.16. The summed E-state index contributed by atoms with van der Waals surface area (Å²) in [6.45, 7) is 6.44. The van der Waals surface area contributed by atoms with Crippen LogP contribution in [0.3, 0.4) is 0 Å². The van der Waals surface area contributed by atoms with E-state index >= 15 is 0 Å². The Bertz CT molecular complexity index is 770. The molecule has 0 aliphatic heterocycles. The van der Waals surface area contributed by atoms with Crippen LogP contribution in [0.1, 0.15) is 26.3 Å². The highest BCUT2D eigenvalue weighted by molar-refractivity contribution is 6.04. The molecule has 3 rings (SSSR count). The van der Waals surface area contributed by atoms with Gasteiger partial charge in [0, 0.05) is 22.5 Å². The van der Waals surface area contributed by atoms with E-state index in [2.05, 4.69) is 42.9 Å². The smallest absolute Gasteiger partial charge is 0.127 e. The third kappa shape index (κ3) is 1.91. The van der Waals surface area contributed by atoms with Crippen molar-refractivity contribution in [1.29, 1.82) is 0 Å². The number of hydrogen-bond acceptors (Lipinski definition) is 3. The van der Waals surface area contributed by atoms with Crippen LogP contribution in [0.15, 0.2) is 36.5 Å². The predicted octanol–water partition coefficient (Wildman–Crippen LogP) is 3.66. The summed E-state index contributed by atoms with van der Waals surface area (Å²) in [4.78, 5) is 8.96. The zero-order chi connectivity index (χ0) is 13.6. The van der Waals surface area contributed by atoms with Gasteiger partial charge in [-0.1, -0.05) is 26.8 Å². The predicted molar refractivity (Wildman–Crippen MR) is 80.2 cm³/mol. The van der Waals surface area contributed by atoms with Crippen molar-refractivity contribution in [3.63, 3.8) is 0 Å². The summed E-state index contributed by atoms with van der Waals surface area (Å²) in [7, 11) is 0. The molecule has 0 aliphatic carbocycles. The summed E-state index contributed by atoms with van der Waals surface area (Å²) in [6, 6.07) is 10.2. The van der Waals surface area contributed by atoms with Gasteiger partial charge in [-0.15, -0.1) is 0 Å². The first-order valence-corrected chi connectivity index (χ1v) is 6.41. The zero-order valence-electron chi connectivity index (χ0n) is 11.4. The van der Waals surface area contributed by atoms with Crippen LogP contribution in [0, 0.1) is 0 Å². The minimum absolute atomic E-state index is 0.00479. The van der Waals surface area contributed by atoms with Gasteiger partial charge in [-0.2, -0.15) is 0 Å². The molecule has 0 aliphatic rings. The molecule has 1 aromatic carbocycles. The number of anilines is 1. The molecule has 0 unspecified atom stereocenters. The molecule has 2 aromatic heterocycles. The number of hydrogen-bond donors (Lipinski definition) is 1. The number of nitrogen functional groups attached to an aromatic ring is 1. The van der Waals surface area contributed by atoms with Crippen molar-refractivity contribution in [1.82, 2.24) is 9.97 Å². The summed E-state index contributed by atoms with van der Waals surface area (Å²) in [5.41, 5.74) is 9.09. The van der Waals surface area contributed by atoms with Gasteiger partial charge >= 0.3 is 0 Å². The minimum atomic E-state index is -0.00479. The van der Waals surface area contributed by atoms with Crippen molar-refractivity contribution < 1.29 is 0 Å². The van der Waals surface area contributed by atoms with Gasteiger partial charge in [0.05, 0.1) is 11.0 Å². The maximum absolute atomic E-state index is 6.13. The molecule has 19 heavy (non-hydrogen) atoms. The number of rotatable bonds is 0. The van der Waals surface area contributed by atoms with Gasteiger partial charge in [-0.25, -0.2) is 4.98 Å². The fraction of sp³-hybridized carbons (Fsp3) is 0.250. The number of pyridine rings is 2. The molecule has 2 N–H and O–H groups in total. The van der Waals surface area contributed by atoms with E-state index in [1.807, 2.05) is 18.2 Å². The fourth-order valence-electron chi connectivity index (χ4n) is 2.41. The number of benzene rings is 1. The highest BCUT2D eigenvalue weighted by Gasteiger charge is 2.19. The molecule has 3 heteroatoms. The highest BCUT2D eigenvalue weighted by Crippen LogP contribution is 2.31. The van der Waals surface area contributed by atoms with E-state index in [9.17, 15) is 0 Å². The molecule has 0 fully saturated rings. The Morgan fingerprint density at radius 3 is 2.63 bits per heavy atom. The molecule has 2 heterocycles. The van der Waals surface area contributed by atoms with Crippen molar-refractivity contribution in [3.05, 3.63) is 42.1 Å². The molecule has 0 bridgehead atoms. The summed E-state index contributed by atoms with van der Waals surface area (Å²) >= 11 is 0. The lowest BCUT2D eigenvalue weighted by molar-refractivity contribution is 0.591. The summed E-state index contributed by atoms with van der Waals surface area (Å²) < 4.78 is 0. The van der Waals surface area contributed by atoms with E-state index in [0.717, 1.165) is 27.4 Å². The number of nitrogens with two attached hydrogens (primary N) is 1. The van der Waals surface area contributed by atoms with Gasteiger partial charge in [0.25, 0.3) is 0 Å². The van der Waals surface area contributed by atoms with Crippen LogP contribution in [0.5, 0.6) is 0 Å². The number of fused-ring (bicyclic) bond motifs is 3. The monoisotopic (exact) mass is 251 g/mol. The Kier molecular flexibility index (Phi) is 2.45. The van der Waals surface area contributed by atoms with Crippen LogP contribution in [-0.4, -0.2) is 9.97 Å². The van der Waals surface area contributed by atoms with E-state index in [-0.39, 0.29) is 5.41 Å². The second-order valence-corrected chi connectivity index (χ2v) is 5.88. The average molecular weight is 251 g/mol. The largest absolute Gasteiger partial charge is 0.383 e. The molecule has 96 valence electrons. The molecule has 0 saturated carbocycles. The first kappa shape index (κ1) is 11.9. The Balaban J connectivity index is 2.41. The Hall–Kier alpha value is -2.16. The van der Waals surface area contributed by atoms with Gasteiger partial charge in [0.1, 0.15) is 5.82 Å². The van der Waals surface area contributed by atoms with Crippen molar-refractivity contribution in [2.45, 2.75) is 26.2 Å². The van der Waals surface area contributed by atoms with Crippen LogP contribution < -0.4 is 5.73 Å². The van der Waals surface area contributed by atoms with Crippen LogP contribution in [0.4, 0.5) is 5.82 Å². The van der Waals surface area contributed by atoms with Gasteiger partial charge < -0.3 is 5.73 Å². The second kappa shape index (κ2) is 3.92. The van der Waals surface area contributed by atoms with Crippen LogP contribution >= 0.6 is 0 Å². The third-order valence-electron chi connectivity index (χ3n) is 3.40. The van der Waals surface area contributed by atoms with Gasteiger partial charge in [0.2, 0.25) is 0 Å². The summed E-state index contributed by atoms with van der Waals surface area (Å²) in [5.74, 6) is 0.608. The van der Waals surface area contributed by atoms with Crippen molar-refractivity contribution in [2.75, 3.05) is 5.73 Å². The second-order valence-electron chi connectivity index (χ2n) is 5.88. The standard InChI is InChI=1S/C16H17N3/c1-16(2,3)12-9-10-6-7-13-11(5-4-8-18-13)14(10)19-15(12)17/h4-9H,1-3H3,(H2,17,19). The van der Waals surface area contributed by atoms with Gasteiger partial charge in [-0.05, 0) is 29.7 Å². The van der Waals surface area contributed by atoms with Crippen LogP contribution in [0.2, 0.25) is 0 Å². The van der Waals surface area contributed by atoms with Gasteiger partial charge in [0.15, 0.2) is 0 Å². The topological polar surface area (TPSA) is 51.8 Å². The zero-order valence-corrected chi connectivity index (χ0v) is 11.4. The molecule has 3 nitrogen and oxygen atoms in total. The van der Waals surface area contributed by atoms with Crippen molar-refractivity contribution in [2.24, 2.45) is 0 Å². The number of nitrogens with zero attached hydrogens (tertiary/aromatic N) is 2. The van der Waals surface area contributed by atoms with E-state index in [4.69, 9.17) is 5.73 Å². The molecule has 0 amide bonds. The molecule has 3 aromatic rings. The Labute approximate surface area is 112 Å². The van der Waals surface area contributed by atoms with E-state index in [1.54, 1.807) is 6.20 Å². The molecular weight excluding hydrogens is 234 g/mol. The van der Waals surface area contributed by atoms with Gasteiger partial charge in [-0.3, -0.25) is 4.98 Å². The molecule has 0 radical (unpaired) electrons. The maximum Gasteiger partial charge on any atom is 0.127 e. The van der Waals surface area contributed by atoms with Crippen LogP contribution in [-0.2, 0) is 5.41 Å². The summed E-state index contributed by atoms with van der Waals surface area (Å²) in [6.07, 6.45) is 1.79. The van der Waals surface area contributed by atoms with Crippen molar-refractivity contribution >= 4 is 27.6 Å². The first-order chi connectivity index (χ1) is 8.97. The molecule has 0 atom stereocenters. The van der Waals surface area contributed by atoms with Crippen molar-refractivity contribution in [3.8, 4) is 0 Å². The van der Waals surface area contributed by atoms with E-state index < -0.39 is 0 Å². The van der Waals surface area contributed by atoms with E-state index in [1.165, 1.54) is 0 Å². The normalized spacial score (nSPS) is 12.2. The lowest BCUT2D eigenvalue weighted by Gasteiger charge is -2.21. The lowest BCUT2D eigenvalue weighted by Crippen LogP contribution is -2.15. The van der Waals surface area contributed by atoms with Crippen LogP contribution in [0.25, 0.3) is 21.8 Å². The Morgan fingerprint density at radius 1 is 1.11 bits per heavy atom. The highest BCUT2D eigenvalue weighted by atomic mass is 14.8. The maximum atomic E-state index is 6.13. The average Bonchev–Trinajstić information content (AvgIpc) is 2.36. The molecule has 0 spiro atoms. The number of aromatic nitrogens is 2.